The zero-order valence-corrected chi connectivity index (χ0v) is 8.69. The minimum atomic E-state index is -2.94. The summed E-state index contributed by atoms with van der Waals surface area (Å²) in [5, 5.41) is 8.84. The van der Waals surface area contributed by atoms with E-state index in [2.05, 4.69) is 4.74 Å². The van der Waals surface area contributed by atoms with Crippen LogP contribution >= 0.6 is 0 Å². The normalized spacial score (nSPS) is 12.6. The molecule has 0 spiro atoms. The molecule has 6 heteroatoms. The summed E-state index contributed by atoms with van der Waals surface area (Å²) in [7, 11) is 1.35. The molecule has 0 heterocycles. The number of halogens is 2. The van der Waals surface area contributed by atoms with Crippen LogP contribution < -0.4 is 15.2 Å². The van der Waals surface area contributed by atoms with Crippen molar-refractivity contribution in [3.8, 4) is 11.5 Å². The number of benzene rings is 1. The van der Waals surface area contributed by atoms with Crippen LogP contribution in [0, 0.1) is 0 Å². The molecule has 0 aromatic heterocycles. The molecule has 0 aliphatic heterocycles. The molecule has 1 unspecified atom stereocenters. The Morgan fingerprint density at radius 2 is 2.06 bits per heavy atom. The Hall–Kier alpha value is -1.40. The van der Waals surface area contributed by atoms with Crippen molar-refractivity contribution in [2.45, 2.75) is 12.7 Å². The Kier molecular flexibility index (Phi) is 4.45. The third-order valence-electron chi connectivity index (χ3n) is 2.03. The smallest absolute Gasteiger partial charge is 0.387 e. The Morgan fingerprint density at radius 1 is 1.38 bits per heavy atom. The van der Waals surface area contributed by atoms with Gasteiger partial charge >= 0.3 is 6.61 Å². The van der Waals surface area contributed by atoms with Gasteiger partial charge in [-0.25, -0.2) is 0 Å². The summed E-state index contributed by atoms with van der Waals surface area (Å²) < 4.78 is 33.3. The molecule has 0 radical (unpaired) electrons. The van der Waals surface area contributed by atoms with E-state index in [4.69, 9.17) is 15.6 Å². The summed E-state index contributed by atoms with van der Waals surface area (Å²) >= 11 is 0. The van der Waals surface area contributed by atoms with Gasteiger partial charge in [0.05, 0.1) is 19.8 Å². The minimum Gasteiger partial charge on any atom is -0.493 e. The van der Waals surface area contributed by atoms with Crippen LogP contribution in [0.25, 0.3) is 0 Å². The molecule has 16 heavy (non-hydrogen) atoms. The molecule has 90 valence electrons. The van der Waals surface area contributed by atoms with E-state index >= 15 is 0 Å². The maximum Gasteiger partial charge on any atom is 0.387 e. The van der Waals surface area contributed by atoms with Crippen LogP contribution in [-0.2, 0) is 0 Å². The average Bonchev–Trinajstić information content (AvgIpc) is 2.27. The molecule has 0 saturated carbocycles. The average molecular weight is 233 g/mol. The van der Waals surface area contributed by atoms with Crippen molar-refractivity contribution in [1.82, 2.24) is 0 Å². The van der Waals surface area contributed by atoms with Crippen LogP contribution in [0.1, 0.15) is 11.6 Å². The van der Waals surface area contributed by atoms with Crippen LogP contribution in [0.3, 0.4) is 0 Å². The summed E-state index contributed by atoms with van der Waals surface area (Å²) in [6.45, 7) is -3.21. The van der Waals surface area contributed by atoms with Crippen molar-refractivity contribution in [1.29, 1.82) is 0 Å². The van der Waals surface area contributed by atoms with Crippen molar-refractivity contribution in [3.05, 3.63) is 23.8 Å². The van der Waals surface area contributed by atoms with E-state index in [-0.39, 0.29) is 18.1 Å². The first-order valence-corrected chi connectivity index (χ1v) is 4.57. The van der Waals surface area contributed by atoms with Gasteiger partial charge in [0.2, 0.25) is 0 Å². The fraction of sp³-hybridized carbons (Fsp3) is 0.400. The van der Waals surface area contributed by atoms with Gasteiger partial charge in [-0.1, -0.05) is 6.07 Å². The molecular weight excluding hydrogens is 220 g/mol. The van der Waals surface area contributed by atoms with Crippen LogP contribution in [0.4, 0.5) is 8.78 Å². The zero-order chi connectivity index (χ0) is 12.1. The number of ether oxygens (including phenoxy) is 2. The lowest BCUT2D eigenvalue weighted by atomic mass is 10.1. The lowest BCUT2D eigenvalue weighted by molar-refractivity contribution is -0.0512. The van der Waals surface area contributed by atoms with Crippen molar-refractivity contribution in [3.63, 3.8) is 0 Å². The molecule has 0 bridgehead atoms. The topological polar surface area (TPSA) is 64.7 Å². The van der Waals surface area contributed by atoms with Crippen molar-refractivity contribution in [2.75, 3.05) is 13.7 Å². The first kappa shape index (κ1) is 12.7. The number of rotatable bonds is 5. The van der Waals surface area contributed by atoms with Gasteiger partial charge in [0.1, 0.15) is 0 Å². The largest absolute Gasteiger partial charge is 0.493 e. The number of aliphatic hydroxyl groups excluding tert-OH is 1. The summed E-state index contributed by atoms with van der Waals surface area (Å²) in [6, 6.07) is 3.73. The van der Waals surface area contributed by atoms with Crippen molar-refractivity contribution >= 4 is 0 Å². The van der Waals surface area contributed by atoms with E-state index in [0.717, 1.165) is 0 Å². The van der Waals surface area contributed by atoms with Crippen LogP contribution in [0.2, 0.25) is 0 Å². The first-order chi connectivity index (χ1) is 7.58. The molecule has 1 aromatic carbocycles. The van der Waals surface area contributed by atoms with Gasteiger partial charge in [0, 0.05) is 0 Å². The van der Waals surface area contributed by atoms with E-state index in [1.54, 1.807) is 6.07 Å². The van der Waals surface area contributed by atoms with Gasteiger partial charge in [0.15, 0.2) is 11.5 Å². The molecule has 0 fully saturated rings. The molecular formula is C10H13F2NO3. The Bertz CT molecular complexity index is 347. The predicted octanol–water partition coefficient (Wildman–Crippen LogP) is 1.29. The first-order valence-electron chi connectivity index (χ1n) is 4.57. The summed E-state index contributed by atoms with van der Waals surface area (Å²) in [5.74, 6) is 0.0908. The number of alkyl halides is 2. The molecule has 0 aliphatic carbocycles. The third kappa shape index (κ3) is 3.04. The van der Waals surface area contributed by atoms with Crippen molar-refractivity contribution < 1.29 is 23.4 Å². The van der Waals surface area contributed by atoms with Gasteiger partial charge < -0.3 is 20.3 Å². The van der Waals surface area contributed by atoms with Gasteiger partial charge in [-0.3, -0.25) is 0 Å². The monoisotopic (exact) mass is 233 g/mol. The SMILES string of the molecule is COc1ccc(C(N)CO)cc1OC(F)F. The maximum absolute atomic E-state index is 12.1. The van der Waals surface area contributed by atoms with Gasteiger partial charge in [-0.05, 0) is 17.7 Å². The van der Waals surface area contributed by atoms with E-state index < -0.39 is 12.7 Å². The Labute approximate surface area is 91.6 Å². The maximum atomic E-state index is 12.1. The highest BCUT2D eigenvalue weighted by atomic mass is 19.3. The molecule has 0 amide bonds. The molecule has 1 rings (SSSR count). The fourth-order valence-electron chi connectivity index (χ4n) is 1.22. The highest BCUT2D eigenvalue weighted by Gasteiger charge is 2.13. The predicted molar refractivity (Wildman–Crippen MR) is 53.6 cm³/mol. The molecule has 4 nitrogen and oxygen atoms in total. The lowest BCUT2D eigenvalue weighted by Gasteiger charge is -2.14. The van der Waals surface area contributed by atoms with Crippen molar-refractivity contribution in [2.24, 2.45) is 5.73 Å². The molecule has 0 saturated heterocycles. The second-order valence-corrected chi connectivity index (χ2v) is 3.08. The minimum absolute atomic E-state index is 0.0982. The summed E-state index contributed by atoms with van der Waals surface area (Å²) in [5.41, 5.74) is 6.05. The van der Waals surface area contributed by atoms with Gasteiger partial charge in [-0.15, -0.1) is 0 Å². The van der Waals surface area contributed by atoms with E-state index in [9.17, 15) is 8.78 Å². The number of hydrogen-bond acceptors (Lipinski definition) is 4. The van der Waals surface area contributed by atoms with Gasteiger partial charge in [0.25, 0.3) is 0 Å². The van der Waals surface area contributed by atoms with E-state index in [1.165, 1.54) is 19.2 Å². The second kappa shape index (κ2) is 5.62. The van der Waals surface area contributed by atoms with Gasteiger partial charge in [-0.2, -0.15) is 8.78 Å². The van der Waals surface area contributed by atoms with Crippen LogP contribution in [0.15, 0.2) is 18.2 Å². The fourth-order valence-corrected chi connectivity index (χ4v) is 1.22. The number of aliphatic hydroxyl groups is 1. The zero-order valence-electron chi connectivity index (χ0n) is 8.69. The molecule has 0 aliphatic rings. The standard InChI is InChI=1S/C10H13F2NO3/c1-15-8-3-2-6(7(13)5-14)4-9(8)16-10(11)12/h2-4,7,10,14H,5,13H2,1H3. The number of hydrogen-bond donors (Lipinski definition) is 2. The highest BCUT2D eigenvalue weighted by molar-refractivity contribution is 5.43. The lowest BCUT2D eigenvalue weighted by Crippen LogP contribution is -2.15. The molecule has 1 aromatic rings. The summed E-state index contributed by atoms with van der Waals surface area (Å²) in [4.78, 5) is 0. The van der Waals surface area contributed by atoms with Crippen LogP contribution in [0.5, 0.6) is 11.5 Å². The number of methoxy groups -OCH3 is 1. The quantitative estimate of drug-likeness (QED) is 0.804. The molecule has 1 atom stereocenters. The van der Waals surface area contributed by atoms with Crippen LogP contribution in [-0.4, -0.2) is 25.4 Å². The summed E-state index contributed by atoms with van der Waals surface area (Å²) in [6.07, 6.45) is 0. The second-order valence-electron chi connectivity index (χ2n) is 3.08. The Balaban J connectivity index is 3.00. The number of nitrogens with two attached hydrogens (primary N) is 1. The molecule has 3 N–H and O–H groups in total. The van der Waals surface area contributed by atoms with E-state index in [0.29, 0.717) is 5.56 Å². The third-order valence-corrected chi connectivity index (χ3v) is 2.03. The highest BCUT2D eigenvalue weighted by Crippen LogP contribution is 2.30. The van der Waals surface area contributed by atoms with E-state index in [1.807, 2.05) is 0 Å². The Morgan fingerprint density at radius 3 is 2.56 bits per heavy atom.